The molecule has 1 atom stereocenters. The minimum absolute atomic E-state index is 0.0343. The SMILES string of the molecule is CCNC(=O)C(C)N(Cc1ccccc1F)C(=O)CN(c1ccc(F)cc1)S(=O)(=O)c1ccc(OC)cc1. The lowest BCUT2D eigenvalue weighted by Gasteiger charge is -2.32. The fourth-order valence-corrected chi connectivity index (χ4v) is 5.14. The van der Waals surface area contributed by atoms with Gasteiger partial charge >= 0.3 is 0 Å². The molecule has 0 bridgehead atoms. The van der Waals surface area contributed by atoms with Gasteiger partial charge in [-0.1, -0.05) is 18.2 Å². The minimum atomic E-state index is -4.32. The molecule has 0 saturated carbocycles. The maximum atomic E-state index is 14.5. The molecule has 0 aliphatic heterocycles. The van der Waals surface area contributed by atoms with Crippen LogP contribution in [-0.4, -0.2) is 51.4 Å². The van der Waals surface area contributed by atoms with Gasteiger partial charge in [0.2, 0.25) is 11.8 Å². The second-order valence-electron chi connectivity index (χ2n) is 8.35. The number of nitrogens with zero attached hydrogens (tertiary/aromatic N) is 2. The molecular weight excluding hydrogens is 516 g/mol. The third-order valence-corrected chi connectivity index (χ3v) is 7.65. The van der Waals surface area contributed by atoms with Crippen molar-refractivity contribution in [3.05, 3.63) is 90.0 Å². The van der Waals surface area contributed by atoms with E-state index in [1.165, 1.54) is 68.6 Å². The molecule has 0 heterocycles. The molecule has 0 aliphatic rings. The van der Waals surface area contributed by atoms with E-state index in [9.17, 15) is 26.8 Å². The first-order valence-corrected chi connectivity index (χ1v) is 13.3. The fraction of sp³-hybridized carbons (Fsp3) is 0.259. The number of carbonyl (C=O) groups excluding carboxylic acids is 2. The van der Waals surface area contributed by atoms with Crippen molar-refractivity contribution in [3.8, 4) is 5.75 Å². The third kappa shape index (κ3) is 6.65. The van der Waals surface area contributed by atoms with Crippen molar-refractivity contribution in [1.29, 1.82) is 0 Å². The van der Waals surface area contributed by atoms with Gasteiger partial charge in [0.1, 0.15) is 30.0 Å². The molecule has 0 radical (unpaired) electrons. The zero-order valence-electron chi connectivity index (χ0n) is 21.2. The first kappa shape index (κ1) is 28.6. The molecule has 0 aromatic heterocycles. The topological polar surface area (TPSA) is 96.0 Å². The average molecular weight is 546 g/mol. The van der Waals surface area contributed by atoms with Crippen molar-refractivity contribution >= 4 is 27.5 Å². The molecule has 3 aromatic rings. The van der Waals surface area contributed by atoms with Crippen molar-refractivity contribution < 1.29 is 31.5 Å². The second-order valence-corrected chi connectivity index (χ2v) is 10.2. The van der Waals surface area contributed by atoms with Gasteiger partial charge in [-0.2, -0.15) is 0 Å². The van der Waals surface area contributed by atoms with Crippen molar-refractivity contribution in [2.24, 2.45) is 0 Å². The summed E-state index contributed by atoms with van der Waals surface area (Å²) in [6.07, 6.45) is 0. The zero-order chi connectivity index (χ0) is 27.9. The summed E-state index contributed by atoms with van der Waals surface area (Å²) in [5.41, 5.74) is 0.190. The maximum Gasteiger partial charge on any atom is 0.264 e. The lowest BCUT2D eigenvalue weighted by Crippen LogP contribution is -2.51. The molecule has 1 unspecified atom stereocenters. The number of methoxy groups -OCH3 is 1. The summed E-state index contributed by atoms with van der Waals surface area (Å²) in [4.78, 5) is 27.3. The second kappa shape index (κ2) is 12.5. The van der Waals surface area contributed by atoms with Crippen LogP contribution in [0.1, 0.15) is 19.4 Å². The van der Waals surface area contributed by atoms with E-state index in [2.05, 4.69) is 5.32 Å². The average Bonchev–Trinajstić information content (AvgIpc) is 2.91. The van der Waals surface area contributed by atoms with Crippen molar-refractivity contribution in [2.75, 3.05) is 24.5 Å². The zero-order valence-corrected chi connectivity index (χ0v) is 22.0. The standard InChI is InChI=1S/C27H29F2N3O5S/c1-4-30-27(34)19(2)31(17-20-7-5-6-8-25(20)29)26(33)18-32(22-11-9-21(28)10-12-22)38(35,36)24-15-13-23(37-3)14-16-24/h5-16,19H,4,17-18H2,1-3H3,(H,30,34). The van der Waals surface area contributed by atoms with Gasteiger partial charge in [0.05, 0.1) is 17.7 Å². The summed E-state index contributed by atoms with van der Waals surface area (Å²) in [5.74, 6) is -1.97. The van der Waals surface area contributed by atoms with Crippen LogP contribution in [0.4, 0.5) is 14.5 Å². The minimum Gasteiger partial charge on any atom is -0.497 e. The van der Waals surface area contributed by atoms with Crippen molar-refractivity contribution in [1.82, 2.24) is 10.2 Å². The summed E-state index contributed by atoms with van der Waals surface area (Å²) >= 11 is 0. The molecular formula is C27H29F2N3O5S. The molecule has 38 heavy (non-hydrogen) atoms. The highest BCUT2D eigenvalue weighted by molar-refractivity contribution is 7.92. The number of rotatable bonds is 11. The molecule has 1 N–H and O–H groups in total. The molecule has 8 nitrogen and oxygen atoms in total. The maximum absolute atomic E-state index is 14.5. The number of halogens is 2. The summed E-state index contributed by atoms with van der Waals surface area (Å²) in [6.45, 7) is 2.50. The van der Waals surface area contributed by atoms with Gasteiger partial charge in [-0.15, -0.1) is 0 Å². The van der Waals surface area contributed by atoms with Gasteiger partial charge in [0.15, 0.2) is 0 Å². The summed E-state index contributed by atoms with van der Waals surface area (Å²) < 4.78 is 61.4. The Kier molecular flexibility index (Phi) is 9.40. The lowest BCUT2D eigenvalue weighted by molar-refractivity contribution is -0.139. The van der Waals surface area contributed by atoms with Gasteiger partial charge in [0.25, 0.3) is 10.0 Å². The third-order valence-electron chi connectivity index (χ3n) is 5.86. The highest BCUT2D eigenvalue weighted by Gasteiger charge is 2.32. The molecule has 3 rings (SSSR count). The number of likely N-dealkylation sites (N-methyl/N-ethyl adjacent to an activating group) is 1. The van der Waals surface area contributed by atoms with Crippen LogP contribution < -0.4 is 14.4 Å². The Labute approximate surface area is 220 Å². The van der Waals surface area contributed by atoms with E-state index in [1.807, 2.05) is 0 Å². The molecule has 0 aliphatic carbocycles. The Balaban J connectivity index is 2.03. The number of hydrogen-bond acceptors (Lipinski definition) is 5. The molecule has 3 aromatic carbocycles. The van der Waals surface area contributed by atoms with Crippen LogP contribution in [0.2, 0.25) is 0 Å². The predicted octanol–water partition coefficient (Wildman–Crippen LogP) is 3.72. The van der Waals surface area contributed by atoms with Gasteiger partial charge in [-0.3, -0.25) is 13.9 Å². The number of ether oxygens (including phenoxy) is 1. The van der Waals surface area contributed by atoms with Gasteiger partial charge in [-0.05, 0) is 68.4 Å². The van der Waals surface area contributed by atoms with E-state index in [1.54, 1.807) is 13.0 Å². The monoisotopic (exact) mass is 545 g/mol. The number of amides is 2. The number of carbonyl (C=O) groups is 2. The molecule has 0 fully saturated rings. The molecule has 11 heteroatoms. The van der Waals surface area contributed by atoms with Crippen LogP contribution in [0.25, 0.3) is 0 Å². The van der Waals surface area contributed by atoms with E-state index >= 15 is 0 Å². The quantitative estimate of drug-likeness (QED) is 0.396. The normalized spacial score (nSPS) is 11.9. The molecule has 202 valence electrons. The first-order chi connectivity index (χ1) is 18.1. The number of sulfonamides is 1. The number of anilines is 1. The van der Waals surface area contributed by atoms with E-state index < -0.39 is 46.1 Å². The summed E-state index contributed by atoms with van der Waals surface area (Å²) in [6, 6.07) is 14.9. The summed E-state index contributed by atoms with van der Waals surface area (Å²) in [5, 5.41) is 2.63. The largest absolute Gasteiger partial charge is 0.497 e. The smallest absolute Gasteiger partial charge is 0.264 e. The van der Waals surface area contributed by atoms with E-state index in [-0.39, 0.29) is 22.7 Å². The molecule has 2 amide bonds. The Hall–Kier alpha value is -3.99. The number of hydrogen-bond donors (Lipinski definition) is 1. The van der Waals surface area contributed by atoms with Gasteiger partial charge in [-0.25, -0.2) is 17.2 Å². The van der Waals surface area contributed by atoms with E-state index in [0.717, 1.165) is 21.3 Å². The van der Waals surface area contributed by atoms with Crippen LogP contribution in [0.5, 0.6) is 5.75 Å². The predicted molar refractivity (Wildman–Crippen MR) is 139 cm³/mol. The molecule has 0 spiro atoms. The first-order valence-electron chi connectivity index (χ1n) is 11.8. The van der Waals surface area contributed by atoms with Gasteiger partial charge in [0, 0.05) is 18.7 Å². The van der Waals surface area contributed by atoms with Crippen LogP contribution in [0, 0.1) is 11.6 Å². The summed E-state index contributed by atoms with van der Waals surface area (Å²) in [7, 11) is -2.89. The number of nitrogens with one attached hydrogen (secondary N) is 1. The highest BCUT2D eigenvalue weighted by Crippen LogP contribution is 2.26. The van der Waals surface area contributed by atoms with Crippen LogP contribution in [0.15, 0.2) is 77.7 Å². The number of benzene rings is 3. The van der Waals surface area contributed by atoms with Crippen molar-refractivity contribution in [2.45, 2.75) is 31.3 Å². The lowest BCUT2D eigenvalue weighted by atomic mass is 10.1. The van der Waals surface area contributed by atoms with E-state index in [4.69, 9.17) is 4.74 Å². The van der Waals surface area contributed by atoms with Crippen LogP contribution >= 0.6 is 0 Å². The fourth-order valence-electron chi connectivity index (χ4n) is 3.73. The Bertz CT molecular complexity index is 1370. The van der Waals surface area contributed by atoms with Crippen LogP contribution in [0.3, 0.4) is 0 Å². The van der Waals surface area contributed by atoms with E-state index in [0.29, 0.717) is 12.3 Å². The van der Waals surface area contributed by atoms with Gasteiger partial charge < -0.3 is 15.0 Å². The van der Waals surface area contributed by atoms with Crippen molar-refractivity contribution in [3.63, 3.8) is 0 Å². The Morgan fingerprint density at radius 3 is 2.18 bits per heavy atom. The Morgan fingerprint density at radius 2 is 1.61 bits per heavy atom. The Morgan fingerprint density at radius 1 is 0.974 bits per heavy atom. The van der Waals surface area contributed by atoms with Crippen LogP contribution in [-0.2, 0) is 26.2 Å². The molecule has 0 saturated heterocycles. The highest BCUT2D eigenvalue weighted by atomic mass is 32.2.